The van der Waals surface area contributed by atoms with E-state index in [1.54, 1.807) is 12.2 Å². The topological polar surface area (TPSA) is 181 Å². The fourth-order valence-corrected chi connectivity index (χ4v) is 8.09. The number of oxime groups is 2. The second kappa shape index (κ2) is 12.9. The first-order valence-corrected chi connectivity index (χ1v) is 15.3. The molecule has 4 aliphatic rings. The molecular formula is C24H26Br4N4O9. The largest absolute Gasteiger partial charge is 0.495 e. The second-order valence-electron chi connectivity index (χ2n) is 9.48. The number of halogens is 4. The SMILES string of the molecule is COC1=C(Br)[C@H](O)[C@@]2(C=C1Br)CC(C(=O)NCCC(O)CNC(=O)C1=NO[C@]3(C=C(Br)C(OC)=C(Br)[C@@H]3O)C1)=NO2. The summed E-state index contributed by atoms with van der Waals surface area (Å²) in [5.41, 5.74) is -2.46. The van der Waals surface area contributed by atoms with E-state index in [9.17, 15) is 24.9 Å². The van der Waals surface area contributed by atoms with Crippen molar-refractivity contribution >= 4 is 87.0 Å². The Balaban J connectivity index is 1.21. The van der Waals surface area contributed by atoms with E-state index in [2.05, 4.69) is 84.7 Å². The van der Waals surface area contributed by atoms with Crippen molar-refractivity contribution in [2.24, 2.45) is 10.3 Å². The molecule has 41 heavy (non-hydrogen) atoms. The minimum atomic E-state index is -1.29. The standard InChI is InChI=1S/C24H26Br4N4O9/c1-38-17-11(25)5-23(19(34)15(17)27)7-13(31-40-23)21(36)29-4-3-10(33)9-30-22(37)14-8-24(41-32-14)6-12(26)18(39-2)16(28)20(24)35/h5-6,10,19-20,33-35H,3-4,7-9H2,1-2H3,(H,29,36)(H,30,37)/t10?,19-,20-,23+,24+/m0/s1. The lowest BCUT2D eigenvalue weighted by Crippen LogP contribution is -2.45. The number of nitrogens with zero attached hydrogens (tertiary/aromatic N) is 2. The van der Waals surface area contributed by atoms with Crippen LogP contribution in [0.2, 0.25) is 0 Å². The Kier molecular flexibility index (Phi) is 10.1. The summed E-state index contributed by atoms with van der Waals surface area (Å²) in [6.45, 7) is -0.0254. The number of carbonyl (C=O) groups excluding carboxylic acids is 2. The molecule has 0 aromatic carbocycles. The molecule has 0 radical (unpaired) electrons. The highest BCUT2D eigenvalue weighted by molar-refractivity contribution is 9.12. The summed E-state index contributed by atoms with van der Waals surface area (Å²) in [6.07, 6.45) is 0.00499. The average Bonchev–Trinajstić information content (AvgIpc) is 3.56. The van der Waals surface area contributed by atoms with Gasteiger partial charge in [0.05, 0.1) is 38.3 Å². The molecule has 2 heterocycles. The smallest absolute Gasteiger partial charge is 0.269 e. The number of amides is 2. The summed E-state index contributed by atoms with van der Waals surface area (Å²) < 4.78 is 12.3. The minimum Gasteiger partial charge on any atom is -0.495 e. The fourth-order valence-electron chi connectivity index (χ4n) is 4.51. The molecule has 5 atom stereocenters. The van der Waals surface area contributed by atoms with Gasteiger partial charge in [-0.15, -0.1) is 0 Å². The number of aliphatic hydroxyl groups is 3. The Bertz CT molecular complexity index is 1310. The van der Waals surface area contributed by atoms with Gasteiger partial charge in [-0.25, -0.2) is 0 Å². The van der Waals surface area contributed by atoms with Crippen molar-refractivity contribution in [2.75, 3.05) is 27.3 Å². The summed E-state index contributed by atoms with van der Waals surface area (Å²) in [4.78, 5) is 36.2. The molecule has 0 saturated carbocycles. The highest BCUT2D eigenvalue weighted by Crippen LogP contribution is 2.45. The lowest BCUT2D eigenvalue weighted by molar-refractivity contribution is -0.116. The van der Waals surface area contributed by atoms with E-state index in [-0.39, 0.29) is 43.8 Å². The van der Waals surface area contributed by atoms with Gasteiger partial charge < -0.3 is 45.1 Å². The van der Waals surface area contributed by atoms with E-state index >= 15 is 0 Å². The van der Waals surface area contributed by atoms with E-state index < -0.39 is 41.3 Å². The third-order valence-electron chi connectivity index (χ3n) is 6.75. The third-order valence-corrected chi connectivity index (χ3v) is 9.51. The van der Waals surface area contributed by atoms with Crippen molar-refractivity contribution in [3.05, 3.63) is 41.6 Å². The van der Waals surface area contributed by atoms with Crippen molar-refractivity contribution in [1.29, 1.82) is 0 Å². The van der Waals surface area contributed by atoms with E-state index in [1.807, 2.05) is 0 Å². The van der Waals surface area contributed by atoms with Gasteiger partial charge in [0.2, 0.25) is 0 Å². The van der Waals surface area contributed by atoms with E-state index in [0.717, 1.165) is 0 Å². The Morgan fingerprint density at radius 1 is 0.927 bits per heavy atom. The summed E-state index contributed by atoms with van der Waals surface area (Å²) >= 11 is 13.3. The molecule has 0 saturated heterocycles. The summed E-state index contributed by atoms with van der Waals surface area (Å²) in [5.74, 6) is -0.282. The molecule has 2 amide bonds. The lowest BCUT2D eigenvalue weighted by atomic mass is 9.87. The zero-order valence-electron chi connectivity index (χ0n) is 21.6. The van der Waals surface area contributed by atoms with Crippen molar-refractivity contribution in [1.82, 2.24) is 10.6 Å². The van der Waals surface area contributed by atoms with Crippen molar-refractivity contribution in [3.63, 3.8) is 0 Å². The van der Waals surface area contributed by atoms with Crippen molar-refractivity contribution < 1.29 is 44.1 Å². The van der Waals surface area contributed by atoms with Crippen LogP contribution >= 0.6 is 63.7 Å². The van der Waals surface area contributed by atoms with Gasteiger partial charge in [0.15, 0.2) is 11.2 Å². The number of nitrogens with one attached hydrogen (secondary N) is 2. The van der Waals surface area contributed by atoms with Crippen LogP contribution in [-0.4, -0.2) is 95.4 Å². The zero-order valence-corrected chi connectivity index (χ0v) is 28.0. The molecule has 0 aromatic rings. The van der Waals surface area contributed by atoms with Crippen LogP contribution in [-0.2, 0) is 28.7 Å². The molecule has 2 aliphatic heterocycles. The maximum Gasteiger partial charge on any atom is 0.269 e. The molecule has 1 unspecified atom stereocenters. The number of methoxy groups -OCH3 is 2. The van der Waals surface area contributed by atoms with Gasteiger partial charge in [-0.3, -0.25) is 9.59 Å². The van der Waals surface area contributed by atoms with E-state index in [4.69, 9.17) is 19.1 Å². The minimum absolute atomic E-state index is 0.00504. The zero-order chi connectivity index (χ0) is 30.1. The van der Waals surface area contributed by atoms with E-state index in [0.29, 0.717) is 29.4 Å². The number of allylic oxidation sites excluding steroid dienone is 2. The van der Waals surface area contributed by atoms with Crippen LogP contribution in [0, 0.1) is 0 Å². The number of hydrogen-bond donors (Lipinski definition) is 5. The molecule has 13 nitrogen and oxygen atoms in total. The van der Waals surface area contributed by atoms with Gasteiger partial charge in [0.25, 0.3) is 11.8 Å². The highest BCUT2D eigenvalue weighted by Gasteiger charge is 2.51. The number of hydrogen-bond acceptors (Lipinski definition) is 11. The van der Waals surface area contributed by atoms with E-state index in [1.165, 1.54) is 14.2 Å². The normalized spacial score (nSPS) is 29.8. The van der Waals surface area contributed by atoms with Gasteiger partial charge in [0, 0.05) is 25.9 Å². The molecule has 4 rings (SSSR count). The van der Waals surface area contributed by atoms with Crippen LogP contribution in [0.3, 0.4) is 0 Å². The highest BCUT2D eigenvalue weighted by atomic mass is 79.9. The van der Waals surface area contributed by atoms with Crippen LogP contribution < -0.4 is 10.6 Å². The van der Waals surface area contributed by atoms with Gasteiger partial charge in [-0.2, -0.15) is 0 Å². The molecule has 0 bridgehead atoms. The number of ether oxygens (including phenoxy) is 2. The fraction of sp³-hybridized carbons (Fsp3) is 0.500. The first kappa shape index (κ1) is 32.2. The summed E-state index contributed by atoms with van der Waals surface area (Å²) in [5, 5.41) is 44.7. The van der Waals surface area contributed by atoms with Crippen molar-refractivity contribution in [2.45, 2.75) is 48.8 Å². The predicted molar refractivity (Wildman–Crippen MR) is 160 cm³/mol. The molecule has 2 spiro atoms. The maximum atomic E-state index is 12.6. The number of carbonyl (C=O) groups is 2. The Labute approximate surface area is 268 Å². The third kappa shape index (κ3) is 6.31. The second-order valence-corrected chi connectivity index (χ2v) is 12.9. The van der Waals surface area contributed by atoms with Crippen molar-refractivity contribution in [3.8, 4) is 0 Å². The summed E-state index contributed by atoms with van der Waals surface area (Å²) in [6, 6.07) is 0. The summed E-state index contributed by atoms with van der Waals surface area (Å²) in [7, 11) is 2.92. The first-order chi connectivity index (χ1) is 19.4. The number of rotatable bonds is 9. The van der Waals surface area contributed by atoms with Crippen LogP contribution in [0.25, 0.3) is 0 Å². The van der Waals surface area contributed by atoms with Crippen LogP contribution in [0.4, 0.5) is 0 Å². The monoisotopic (exact) mass is 830 g/mol. The lowest BCUT2D eigenvalue weighted by Gasteiger charge is -2.33. The Morgan fingerprint density at radius 3 is 1.80 bits per heavy atom. The maximum absolute atomic E-state index is 12.6. The van der Waals surface area contributed by atoms with Gasteiger partial charge >= 0.3 is 0 Å². The Morgan fingerprint density at radius 2 is 1.37 bits per heavy atom. The molecule has 17 heteroatoms. The van der Waals surface area contributed by atoms with Crippen LogP contribution in [0.15, 0.2) is 51.9 Å². The van der Waals surface area contributed by atoms with Gasteiger partial charge in [-0.1, -0.05) is 10.3 Å². The molecule has 5 N–H and O–H groups in total. The molecular weight excluding hydrogens is 808 g/mol. The Hall–Kier alpha value is -1.76. The van der Waals surface area contributed by atoms with Crippen LogP contribution in [0.5, 0.6) is 0 Å². The average molecular weight is 834 g/mol. The molecule has 224 valence electrons. The van der Waals surface area contributed by atoms with Crippen LogP contribution in [0.1, 0.15) is 19.3 Å². The molecule has 0 fully saturated rings. The van der Waals surface area contributed by atoms with Gasteiger partial charge in [-0.05, 0) is 82.3 Å². The quantitative estimate of drug-likeness (QED) is 0.232. The number of aliphatic hydroxyl groups excluding tert-OH is 3. The molecule has 2 aliphatic carbocycles. The first-order valence-electron chi connectivity index (χ1n) is 12.1. The predicted octanol–water partition coefficient (Wildman–Crippen LogP) is 1.81. The molecule has 0 aromatic heterocycles. The van der Waals surface area contributed by atoms with Gasteiger partial charge in [0.1, 0.15) is 35.1 Å².